The maximum atomic E-state index is 8.69. The summed E-state index contributed by atoms with van der Waals surface area (Å²) in [6, 6.07) is 10.6. The zero-order valence-electron chi connectivity index (χ0n) is 10.4. The molecule has 1 N–H and O–H groups in total. The molecule has 0 saturated heterocycles. The first-order valence-electron chi connectivity index (χ1n) is 6.13. The quantitative estimate of drug-likeness (QED) is 0.569. The van der Waals surface area contributed by atoms with Crippen LogP contribution in [0.2, 0.25) is 0 Å². The predicted octanol–water partition coefficient (Wildman–Crippen LogP) is 3.00. The number of hydrogen-bond donors (Lipinski definition) is 1. The molecule has 0 aliphatic carbocycles. The summed E-state index contributed by atoms with van der Waals surface area (Å²) in [5.41, 5.74) is 1.16. The molecule has 0 amide bonds. The third kappa shape index (κ3) is 6.49. The number of aliphatic hydroxyl groups is 1. The van der Waals surface area contributed by atoms with Gasteiger partial charge in [0.2, 0.25) is 0 Å². The highest BCUT2D eigenvalue weighted by atomic mass is 32.2. The lowest BCUT2D eigenvalue weighted by Crippen LogP contribution is -2.05. The third-order valence-electron chi connectivity index (χ3n) is 2.54. The first-order chi connectivity index (χ1) is 8.36. The zero-order chi connectivity index (χ0) is 12.3. The average molecular weight is 251 g/mol. The van der Waals surface area contributed by atoms with Crippen LogP contribution in [0.5, 0.6) is 0 Å². The molecule has 94 valence electrons. The summed E-state index contributed by atoms with van der Waals surface area (Å²) in [5.74, 6) is 1.91. The van der Waals surface area contributed by atoms with Crippen LogP contribution >= 0.6 is 11.8 Å². The molecule has 0 aliphatic heterocycles. The Bertz CT molecular complexity index is 313. The van der Waals surface area contributed by atoms with Crippen molar-refractivity contribution in [3.8, 4) is 0 Å². The summed E-state index contributed by atoms with van der Waals surface area (Å²) in [6.45, 7) is 2.44. The van der Waals surface area contributed by atoms with Gasteiger partial charge in [-0.1, -0.05) is 37.3 Å². The first kappa shape index (κ1) is 14.3. The minimum atomic E-state index is 0.273. The molecule has 0 saturated carbocycles. The summed E-state index contributed by atoms with van der Waals surface area (Å²) in [5, 5.41) is 8.69. The van der Waals surface area contributed by atoms with E-state index in [1.807, 2.05) is 24.4 Å². The highest BCUT2D eigenvalue weighted by molar-refractivity contribution is 7.99. The van der Waals surface area contributed by atoms with Crippen molar-refractivity contribution in [1.29, 1.82) is 0 Å². The monoisotopic (exact) mass is 251 g/mol. The second kappa shape index (κ2) is 9.25. The summed E-state index contributed by atoms with van der Waals surface area (Å²) in [6.07, 6.45) is 4.12. The number of nitrogens with zero attached hydrogens (tertiary/aromatic N) is 1. The molecule has 1 rings (SSSR count). The third-order valence-corrected chi connectivity index (χ3v) is 3.53. The van der Waals surface area contributed by atoms with Crippen LogP contribution in [0.1, 0.15) is 25.3 Å². The van der Waals surface area contributed by atoms with Gasteiger partial charge in [0.05, 0.1) is 12.6 Å². The summed E-state index contributed by atoms with van der Waals surface area (Å²) in [7, 11) is 0. The van der Waals surface area contributed by atoms with Gasteiger partial charge in [-0.2, -0.15) is 11.8 Å². The number of aliphatic hydroxyl groups excluding tert-OH is 1. The second-order valence-corrected chi connectivity index (χ2v) is 5.10. The SMILES string of the molecule is CCC(CCSCCO)N=Cc1ccccc1. The normalized spacial score (nSPS) is 13.1. The molecule has 0 heterocycles. The molecule has 0 spiro atoms. The largest absolute Gasteiger partial charge is 0.396 e. The minimum Gasteiger partial charge on any atom is -0.396 e. The Morgan fingerprint density at radius 3 is 2.71 bits per heavy atom. The maximum absolute atomic E-state index is 8.69. The van der Waals surface area contributed by atoms with E-state index < -0.39 is 0 Å². The molecule has 1 unspecified atom stereocenters. The van der Waals surface area contributed by atoms with Crippen LogP contribution in [0.4, 0.5) is 0 Å². The topological polar surface area (TPSA) is 32.6 Å². The number of hydrogen-bond acceptors (Lipinski definition) is 3. The highest BCUT2D eigenvalue weighted by Crippen LogP contribution is 2.10. The molecular weight excluding hydrogens is 230 g/mol. The molecule has 1 aromatic carbocycles. The minimum absolute atomic E-state index is 0.273. The average Bonchev–Trinajstić information content (AvgIpc) is 2.39. The molecule has 1 aromatic rings. The Morgan fingerprint density at radius 1 is 1.29 bits per heavy atom. The Labute approximate surface area is 108 Å². The number of aliphatic imine (C=N–C) groups is 1. The molecule has 17 heavy (non-hydrogen) atoms. The molecule has 0 bridgehead atoms. The number of thioether (sulfide) groups is 1. The van der Waals surface area contributed by atoms with Crippen molar-refractivity contribution in [2.24, 2.45) is 4.99 Å². The van der Waals surface area contributed by atoms with Crippen molar-refractivity contribution in [2.75, 3.05) is 18.1 Å². The Balaban J connectivity index is 2.33. The molecule has 2 nitrogen and oxygen atoms in total. The lowest BCUT2D eigenvalue weighted by Gasteiger charge is -2.08. The molecule has 1 atom stereocenters. The fraction of sp³-hybridized carbons (Fsp3) is 0.500. The van der Waals surface area contributed by atoms with Crippen molar-refractivity contribution < 1.29 is 5.11 Å². The van der Waals surface area contributed by atoms with E-state index >= 15 is 0 Å². The fourth-order valence-electron chi connectivity index (χ4n) is 1.50. The van der Waals surface area contributed by atoms with Gasteiger partial charge in [0.15, 0.2) is 0 Å². The van der Waals surface area contributed by atoms with Gasteiger partial charge in [-0.05, 0) is 24.2 Å². The van der Waals surface area contributed by atoms with Gasteiger partial charge in [0.25, 0.3) is 0 Å². The Kier molecular flexibility index (Phi) is 7.76. The summed E-state index contributed by atoms with van der Waals surface area (Å²) in [4.78, 5) is 4.61. The smallest absolute Gasteiger partial charge is 0.0521 e. The van der Waals surface area contributed by atoms with Gasteiger partial charge in [0, 0.05) is 12.0 Å². The van der Waals surface area contributed by atoms with Crippen molar-refractivity contribution in [3.05, 3.63) is 35.9 Å². The van der Waals surface area contributed by atoms with Crippen LogP contribution in [-0.2, 0) is 0 Å². The zero-order valence-corrected chi connectivity index (χ0v) is 11.2. The van der Waals surface area contributed by atoms with Crippen molar-refractivity contribution in [1.82, 2.24) is 0 Å². The number of benzene rings is 1. The van der Waals surface area contributed by atoms with Crippen LogP contribution in [0.25, 0.3) is 0 Å². The van der Waals surface area contributed by atoms with Gasteiger partial charge in [0.1, 0.15) is 0 Å². The van der Waals surface area contributed by atoms with Crippen molar-refractivity contribution >= 4 is 18.0 Å². The van der Waals surface area contributed by atoms with Crippen LogP contribution in [0, 0.1) is 0 Å². The van der Waals surface area contributed by atoms with Crippen LogP contribution in [-0.4, -0.2) is 35.5 Å². The van der Waals surface area contributed by atoms with E-state index in [2.05, 4.69) is 24.0 Å². The van der Waals surface area contributed by atoms with Gasteiger partial charge in [-0.25, -0.2) is 0 Å². The standard InChI is InChI=1S/C14H21NOS/c1-2-14(8-10-17-11-9-16)15-12-13-6-4-3-5-7-13/h3-7,12,14,16H,2,8-11H2,1H3. The predicted molar refractivity (Wildman–Crippen MR) is 77.1 cm³/mol. The highest BCUT2D eigenvalue weighted by Gasteiger charge is 2.02. The van der Waals surface area contributed by atoms with Gasteiger partial charge >= 0.3 is 0 Å². The van der Waals surface area contributed by atoms with E-state index in [9.17, 15) is 0 Å². The molecule has 0 aliphatic rings. The van der Waals surface area contributed by atoms with E-state index in [0.29, 0.717) is 6.04 Å². The van der Waals surface area contributed by atoms with Gasteiger partial charge in [-0.15, -0.1) is 0 Å². The lowest BCUT2D eigenvalue weighted by atomic mass is 10.2. The van der Waals surface area contributed by atoms with E-state index in [1.165, 1.54) is 0 Å². The fourth-order valence-corrected chi connectivity index (χ4v) is 2.27. The van der Waals surface area contributed by atoms with Gasteiger partial charge < -0.3 is 5.11 Å². The Hall–Kier alpha value is -0.800. The van der Waals surface area contributed by atoms with E-state index in [1.54, 1.807) is 11.8 Å². The molecule has 0 fully saturated rings. The van der Waals surface area contributed by atoms with Crippen LogP contribution < -0.4 is 0 Å². The second-order valence-electron chi connectivity index (χ2n) is 3.88. The van der Waals surface area contributed by atoms with E-state index in [-0.39, 0.29) is 6.61 Å². The van der Waals surface area contributed by atoms with Crippen LogP contribution in [0.15, 0.2) is 35.3 Å². The first-order valence-corrected chi connectivity index (χ1v) is 7.29. The molecule has 0 radical (unpaired) electrons. The van der Waals surface area contributed by atoms with E-state index in [0.717, 1.165) is 29.9 Å². The molecule has 3 heteroatoms. The number of rotatable bonds is 8. The Morgan fingerprint density at radius 2 is 2.06 bits per heavy atom. The van der Waals surface area contributed by atoms with E-state index in [4.69, 9.17) is 5.11 Å². The van der Waals surface area contributed by atoms with Crippen molar-refractivity contribution in [3.63, 3.8) is 0 Å². The maximum Gasteiger partial charge on any atom is 0.0521 e. The summed E-state index contributed by atoms with van der Waals surface area (Å²) >= 11 is 1.79. The molecular formula is C14H21NOS. The van der Waals surface area contributed by atoms with Crippen molar-refractivity contribution in [2.45, 2.75) is 25.8 Å². The van der Waals surface area contributed by atoms with Gasteiger partial charge in [-0.3, -0.25) is 4.99 Å². The molecule has 0 aromatic heterocycles. The lowest BCUT2D eigenvalue weighted by molar-refractivity contribution is 0.322. The summed E-state index contributed by atoms with van der Waals surface area (Å²) < 4.78 is 0. The van der Waals surface area contributed by atoms with Crippen LogP contribution in [0.3, 0.4) is 0 Å².